The Bertz CT molecular complexity index is 452. The molecule has 1 rings (SSSR count). The van der Waals surface area contributed by atoms with Crippen LogP contribution in [0, 0.1) is 5.92 Å². The van der Waals surface area contributed by atoms with Gasteiger partial charge in [-0.1, -0.05) is 79.1 Å². The molecular weight excluding hydrogens is 444 g/mol. The Balaban J connectivity index is 3.01. The zero-order valence-electron chi connectivity index (χ0n) is 23.3. The minimum Gasteiger partial charge on any atom is -0.390 e. The Morgan fingerprint density at radius 3 is 1.76 bits per heavy atom. The first-order valence-electron chi connectivity index (χ1n) is 14.7. The highest BCUT2D eigenvalue weighted by Crippen LogP contribution is 2.40. The average Bonchev–Trinajstić information content (AvgIpc) is 2.84. The maximum atomic E-state index is 10.7. The highest BCUT2D eigenvalue weighted by molar-refractivity contribution is 6.11. The van der Waals surface area contributed by atoms with Crippen molar-refractivity contribution in [1.29, 1.82) is 0 Å². The van der Waals surface area contributed by atoms with Gasteiger partial charge < -0.3 is 24.1 Å². The lowest BCUT2D eigenvalue weighted by Gasteiger charge is -2.48. The van der Waals surface area contributed by atoms with Gasteiger partial charge in [-0.05, 0) is 44.9 Å². The lowest BCUT2D eigenvalue weighted by atomic mass is 9.79. The first-order chi connectivity index (χ1) is 16.6. The van der Waals surface area contributed by atoms with Crippen molar-refractivity contribution in [2.45, 2.75) is 148 Å². The van der Waals surface area contributed by atoms with Gasteiger partial charge in [0.05, 0.1) is 31.1 Å². The molecule has 204 valence electrons. The summed E-state index contributed by atoms with van der Waals surface area (Å²) in [6, 6.07) is 0. The van der Waals surface area contributed by atoms with Crippen LogP contribution in [0.2, 0.25) is 0 Å². The lowest BCUT2D eigenvalue weighted by Crippen LogP contribution is -2.58. The molecule has 0 aromatic heterocycles. The second kappa shape index (κ2) is 20.1. The summed E-state index contributed by atoms with van der Waals surface area (Å²) in [6.07, 6.45) is 15.6. The number of rotatable bonds is 22. The molecule has 0 radical (unpaired) electrons. The number of aliphatic hydroxyl groups is 1. The summed E-state index contributed by atoms with van der Waals surface area (Å²) >= 11 is 0. The molecule has 0 heterocycles. The topological polar surface area (TPSA) is 57.2 Å². The van der Waals surface area contributed by atoms with E-state index in [9.17, 15) is 5.11 Å². The number of ether oxygens (including phenoxy) is 4. The van der Waals surface area contributed by atoms with Crippen LogP contribution in [-0.4, -0.2) is 65.5 Å². The molecule has 0 spiro atoms. The monoisotopic (exact) mass is 502 g/mol. The molecule has 0 saturated heterocycles. The Morgan fingerprint density at radius 1 is 0.735 bits per heavy atom. The van der Waals surface area contributed by atoms with E-state index >= 15 is 0 Å². The third-order valence-electron chi connectivity index (χ3n) is 7.24. The summed E-state index contributed by atoms with van der Waals surface area (Å²) in [5, 5.41) is 10.7. The predicted octanol–water partition coefficient (Wildman–Crippen LogP) is 5.73. The van der Waals surface area contributed by atoms with Crippen molar-refractivity contribution in [3.05, 3.63) is 0 Å². The average molecular weight is 503 g/mol. The maximum absolute atomic E-state index is 10.7. The van der Waals surface area contributed by atoms with Gasteiger partial charge in [-0.2, -0.15) is 0 Å². The molecule has 5 nitrogen and oxygen atoms in total. The molecule has 1 aliphatic rings. The van der Waals surface area contributed by atoms with Crippen LogP contribution in [0.5, 0.6) is 0 Å². The third kappa shape index (κ3) is 11.8. The fraction of sp³-hybridized carbons (Fsp3) is 1.00. The minimum absolute atomic E-state index is 0.0198. The summed E-state index contributed by atoms with van der Waals surface area (Å²) in [4.78, 5) is 0. The van der Waals surface area contributed by atoms with Gasteiger partial charge >= 0.3 is 0 Å². The normalized spacial score (nSPS) is 22.3. The van der Waals surface area contributed by atoms with Crippen molar-refractivity contribution in [3.63, 3.8) is 0 Å². The Labute approximate surface area is 214 Å². The zero-order chi connectivity index (χ0) is 25.1. The van der Waals surface area contributed by atoms with Gasteiger partial charge in [0.25, 0.3) is 0 Å². The molecular formula is C28H58O5Si. The molecule has 0 aliphatic heterocycles. The standard InChI is InChI=1S/C28H58O5Si/c1-5-9-13-19-30-26-23-24(17-18-25(26)29)28(32-21-15-11-7-3,33-22-16-12-8-4)27(34)31-20-14-10-6-2/h24-27,29H,5-23H2,1-4,34H3. The second-order valence-corrected chi connectivity index (χ2v) is 11.3. The van der Waals surface area contributed by atoms with Crippen LogP contribution >= 0.6 is 0 Å². The van der Waals surface area contributed by atoms with Gasteiger partial charge in [-0.25, -0.2) is 0 Å². The number of aliphatic hydroxyl groups excluding tert-OH is 1. The van der Waals surface area contributed by atoms with E-state index < -0.39 is 11.9 Å². The second-order valence-electron chi connectivity index (χ2n) is 10.2. The van der Waals surface area contributed by atoms with Crippen LogP contribution in [0.1, 0.15) is 124 Å². The molecule has 6 heteroatoms. The molecule has 4 atom stereocenters. The third-order valence-corrected chi connectivity index (χ3v) is 8.38. The smallest absolute Gasteiger partial charge is 0.193 e. The van der Waals surface area contributed by atoms with Gasteiger partial charge in [-0.15, -0.1) is 0 Å². The van der Waals surface area contributed by atoms with Crippen molar-refractivity contribution in [1.82, 2.24) is 0 Å². The maximum Gasteiger partial charge on any atom is 0.193 e. The van der Waals surface area contributed by atoms with Gasteiger partial charge in [0, 0.05) is 29.4 Å². The van der Waals surface area contributed by atoms with Crippen molar-refractivity contribution in [3.8, 4) is 0 Å². The van der Waals surface area contributed by atoms with E-state index in [0.717, 1.165) is 68.4 Å². The fourth-order valence-corrected chi connectivity index (χ4v) is 6.02. The van der Waals surface area contributed by atoms with Crippen molar-refractivity contribution in [2.75, 3.05) is 26.4 Å². The molecule has 1 saturated carbocycles. The van der Waals surface area contributed by atoms with Gasteiger partial charge in [-0.3, -0.25) is 0 Å². The van der Waals surface area contributed by atoms with Crippen LogP contribution in [0.25, 0.3) is 0 Å². The first kappa shape index (κ1) is 32.0. The summed E-state index contributed by atoms with van der Waals surface area (Å²) in [5.74, 6) is -0.533. The van der Waals surface area contributed by atoms with E-state index in [1.165, 1.54) is 51.4 Å². The predicted molar refractivity (Wildman–Crippen MR) is 146 cm³/mol. The summed E-state index contributed by atoms with van der Waals surface area (Å²) in [7, 11) is 0.853. The molecule has 0 aromatic carbocycles. The summed E-state index contributed by atoms with van der Waals surface area (Å²) in [6.45, 7) is 11.8. The first-order valence-corrected chi connectivity index (χ1v) is 15.9. The van der Waals surface area contributed by atoms with Crippen molar-refractivity contribution in [2.24, 2.45) is 5.92 Å². The number of unbranched alkanes of at least 4 members (excludes halogenated alkanes) is 8. The molecule has 4 unspecified atom stereocenters. The summed E-state index contributed by atoms with van der Waals surface area (Å²) < 4.78 is 26.2. The van der Waals surface area contributed by atoms with Crippen LogP contribution in [0.4, 0.5) is 0 Å². The van der Waals surface area contributed by atoms with E-state index in [0.29, 0.717) is 13.2 Å². The van der Waals surface area contributed by atoms with Crippen LogP contribution in [0.15, 0.2) is 0 Å². The lowest BCUT2D eigenvalue weighted by molar-refractivity contribution is -0.311. The Morgan fingerprint density at radius 2 is 1.24 bits per heavy atom. The van der Waals surface area contributed by atoms with Gasteiger partial charge in [0.15, 0.2) is 5.79 Å². The van der Waals surface area contributed by atoms with E-state index in [1.807, 2.05) is 0 Å². The molecule has 0 amide bonds. The van der Waals surface area contributed by atoms with Crippen LogP contribution in [0.3, 0.4) is 0 Å². The SMILES string of the molecule is CCCCCOC1CC(C(OCCCCC)(OCCCCC)C([SiH3])OCCCCC)CCC1O. The Kier molecular flexibility index (Phi) is 19.0. The molecule has 1 aliphatic carbocycles. The van der Waals surface area contributed by atoms with Crippen LogP contribution < -0.4 is 0 Å². The van der Waals surface area contributed by atoms with Gasteiger partial charge in [0.1, 0.15) is 0 Å². The molecule has 34 heavy (non-hydrogen) atoms. The van der Waals surface area contributed by atoms with Gasteiger partial charge in [0.2, 0.25) is 0 Å². The van der Waals surface area contributed by atoms with E-state index in [2.05, 4.69) is 27.7 Å². The molecule has 1 N–H and O–H groups in total. The van der Waals surface area contributed by atoms with E-state index in [1.54, 1.807) is 0 Å². The van der Waals surface area contributed by atoms with E-state index in [4.69, 9.17) is 18.9 Å². The summed E-state index contributed by atoms with van der Waals surface area (Å²) in [5.41, 5.74) is -0.0198. The molecule has 0 bridgehead atoms. The minimum atomic E-state index is -0.717. The quantitative estimate of drug-likeness (QED) is 0.116. The highest BCUT2D eigenvalue weighted by atomic mass is 28.1. The fourth-order valence-electron chi connectivity index (χ4n) is 4.98. The Hall–Kier alpha value is 0.0169. The van der Waals surface area contributed by atoms with Crippen molar-refractivity contribution >= 4 is 10.2 Å². The molecule has 1 fully saturated rings. The van der Waals surface area contributed by atoms with E-state index in [-0.39, 0.29) is 17.7 Å². The highest BCUT2D eigenvalue weighted by Gasteiger charge is 2.49. The largest absolute Gasteiger partial charge is 0.390 e. The van der Waals surface area contributed by atoms with Crippen molar-refractivity contribution < 1.29 is 24.1 Å². The number of hydrogen-bond acceptors (Lipinski definition) is 5. The molecule has 0 aromatic rings. The van der Waals surface area contributed by atoms with Crippen LogP contribution in [-0.2, 0) is 18.9 Å². The number of hydrogen-bond donors (Lipinski definition) is 1. The zero-order valence-corrected chi connectivity index (χ0v) is 25.3.